The Kier molecular flexibility index (Phi) is 5.76. The van der Waals surface area contributed by atoms with Crippen molar-refractivity contribution in [2.45, 2.75) is 19.4 Å². The fourth-order valence-corrected chi connectivity index (χ4v) is 3.26. The van der Waals surface area contributed by atoms with Crippen molar-refractivity contribution in [2.24, 2.45) is 7.05 Å². The zero-order valence-corrected chi connectivity index (χ0v) is 17.3. The highest BCUT2D eigenvalue weighted by atomic mass is 35.5. The smallest absolute Gasteiger partial charge is 0.251 e. The van der Waals surface area contributed by atoms with Crippen molar-refractivity contribution in [2.75, 3.05) is 7.05 Å². The van der Waals surface area contributed by atoms with Crippen LogP contribution in [0, 0.1) is 17.5 Å². The highest BCUT2D eigenvalue weighted by Crippen LogP contribution is 2.34. The molecular formula is C20H18ClF3N4O2. The number of carbonyl (C=O) groups excluding carboxylic acids is 1. The van der Waals surface area contributed by atoms with E-state index in [4.69, 9.17) is 16.3 Å². The molecule has 1 heterocycles. The van der Waals surface area contributed by atoms with Gasteiger partial charge in [0.15, 0.2) is 34.6 Å². The number of halogens is 4. The van der Waals surface area contributed by atoms with E-state index >= 15 is 0 Å². The summed E-state index contributed by atoms with van der Waals surface area (Å²) in [5, 5.41) is 11.0. The van der Waals surface area contributed by atoms with E-state index in [2.05, 4.69) is 15.5 Å². The minimum atomic E-state index is -1.33. The summed E-state index contributed by atoms with van der Waals surface area (Å²) in [6.45, 7) is 3.08. The molecule has 0 aliphatic carbocycles. The molecule has 0 unspecified atom stereocenters. The number of nitrogens with zero attached hydrogens (tertiary/aromatic N) is 3. The molecule has 158 valence electrons. The van der Waals surface area contributed by atoms with Crippen LogP contribution in [-0.2, 0) is 12.6 Å². The van der Waals surface area contributed by atoms with Gasteiger partial charge in [-0.1, -0.05) is 11.6 Å². The lowest BCUT2D eigenvalue weighted by Crippen LogP contribution is -2.30. The first-order valence-electron chi connectivity index (χ1n) is 8.80. The van der Waals surface area contributed by atoms with Crippen molar-refractivity contribution >= 4 is 17.5 Å². The maximum Gasteiger partial charge on any atom is 0.251 e. The van der Waals surface area contributed by atoms with E-state index in [0.717, 1.165) is 0 Å². The second kappa shape index (κ2) is 7.98. The maximum absolute atomic E-state index is 14.0. The number of rotatable bonds is 5. The number of hydrogen-bond donors (Lipinski definition) is 1. The molecule has 2 aromatic carbocycles. The molecule has 0 spiro atoms. The van der Waals surface area contributed by atoms with Crippen LogP contribution in [0.3, 0.4) is 0 Å². The van der Waals surface area contributed by atoms with Crippen molar-refractivity contribution in [1.82, 2.24) is 20.1 Å². The second-order valence-electron chi connectivity index (χ2n) is 6.99. The molecule has 3 aromatic rings. The third-order valence-corrected chi connectivity index (χ3v) is 4.75. The summed E-state index contributed by atoms with van der Waals surface area (Å²) >= 11 is 6.32. The number of carbonyl (C=O) groups is 1. The molecule has 10 heteroatoms. The summed E-state index contributed by atoms with van der Waals surface area (Å²) in [5.74, 6) is -3.81. The van der Waals surface area contributed by atoms with Crippen LogP contribution in [-0.4, -0.2) is 27.7 Å². The summed E-state index contributed by atoms with van der Waals surface area (Å²) < 4.78 is 48.2. The lowest BCUT2D eigenvalue weighted by Gasteiger charge is -2.26. The average Bonchev–Trinajstić information content (AvgIpc) is 3.06. The molecule has 0 atom stereocenters. The van der Waals surface area contributed by atoms with Crippen LogP contribution >= 0.6 is 11.6 Å². The number of ether oxygens (including phenoxy) is 1. The quantitative estimate of drug-likeness (QED) is 0.647. The minimum Gasteiger partial charge on any atom is -0.474 e. The van der Waals surface area contributed by atoms with Crippen LogP contribution in [0.15, 0.2) is 30.3 Å². The largest absolute Gasteiger partial charge is 0.474 e. The van der Waals surface area contributed by atoms with E-state index in [9.17, 15) is 18.0 Å². The molecule has 1 aromatic heterocycles. The van der Waals surface area contributed by atoms with Gasteiger partial charge in [-0.2, -0.15) is 0 Å². The molecule has 0 fully saturated rings. The fraction of sp³-hybridized carbons (Fsp3) is 0.250. The molecule has 3 rings (SSSR count). The molecule has 0 aliphatic heterocycles. The van der Waals surface area contributed by atoms with Crippen LogP contribution < -0.4 is 10.1 Å². The zero-order valence-electron chi connectivity index (χ0n) is 16.6. The fourth-order valence-electron chi connectivity index (χ4n) is 3.00. The lowest BCUT2D eigenvalue weighted by atomic mass is 10.1. The Morgan fingerprint density at radius 3 is 2.33 bits per heavy atom. The van der Waals surface area contributed by atoms with Gasteiger partial charge in [-0.05, 0) is 32.0 Å². The van der Waals surface area contributed by atoms with Gasteiger partial charge in [0, 0.05) is 37.4 Å². The van der Waals surface area contributed by atoms with E-state index in [-0.39, 0.29) is 16.8 Å². The van der Waals surface area contributed by atoms with Gasteiger partial charge in [-0.25, -0.2) is 13.2 Å². The van der Waals surface area contributed by atoms with E-state index < -0.39 is 28.8 Å². The molecule has 6 nitrogen and oxygen atoms in total. The van der Waals surface area contributed by atoms with Gasteiger partial charge >= 0.3 is 0 Å². The highest BCUT2D eigenvalue weighted by Gasteiger charge is 2.32. The predicted octanol–water partition coefficient (Wildman–Crippen LogP) is 4.23. The van der Waals surface area contributed by atoms with Gasteiger partial charge < -0.3 is 14.6 Å². The van der Waals surface area contributed by atoms with Crippen LogP contribution in [0.1, 0.15) is 30.0 Å². The summed E-state index contributed by atoms with van der Waals surface area (Å²) in [5.41, 5.74) is -0.450. The Hall–Kier alpha value is -3.07. The molecule has 0 radical (unpaired) electrons. The van der Waals surface area contributed by atoms with Gasteiger partial charge in [-0.3, -0.25) is 4.79 Å². The Morgan fingerprint density at radius 1 is 1.13 bits per heavy atom. The van der Waals surface area contributed by atoms with Crippen molar-refractivity contribution in [3.05, 3.63) is 64.2 Å². The summed E-state index contributed by atoms with van der Waals surface area (Å²) in [6, 6.07) is 5.76. The standard InChI is InChI=1S/C20H18ClF3N4O2/c1-20(2,30-16-14(23)8-11(22)9-15(16)24)19-27-26-17(28(19)4)12-6-5-10(7-13(12)21)18(29)25-3/h5-9H,1-4H3,(H,25,29). The molecule has 1 N–H and O–H groups in total. The number of aromatic nitrogens is 3. The summed E-state index contributed by atoms with van der Waals surface area (Å²) in [6.07, 6.45) is 0. The van der Waals surface area contributed by atoms with Gasteiger partial charge in [0.2, 0.25) is 0 Å². The van der Waals surface area contributed by atoms with E-state index in [1.807, 2.05) is 0 Å². The Morgan fingerprint density at radius 2 is 1.77 bits per heavy atom. The third-order valence-electron chi connectivity index (χ3n) is 4.43. The Labute approximate surface area is 175 Å². The van der Waals surface area contributed by atoms with Gasteiger partial charge in [-0.15, -0.1) is 10.2 Å². The van der Waals surface area contributed by atoms with Crippen molar-refractivity contribution < 1.29 is 22.7 Å². The van der Waals surface area contributed by atoms with Crippen molar-refractivity contribution in [1.29, 1.82) is 0 Å². The lowest BCUT2D eigenvalue weighted by molar-refractivity contribution is 0.0833. The molecule has 30 heavy (non-hydrogen) atoms. The van der Waals surface area contributed by atoms with Crippen LogP contribution in [0.4, 0.5) is 13.2 Å². The van der Waals surface area contributed by atoms with E-state index in [1.165, 1.54) is 13.1 Å². The first-order chi connectivity index (χ1) is 14.0. The van der Waals surface area contributed by atoms with Gasteiger partial charge in [0.1, 0.15) is 5.82 Å². The monoisotopic (exact) mass is 438 g/mol. The van der Waals surface area contributed by atoms with E-state index in [1.54, 1.807) is 37.6 Å². The van der Waals surface area contributed by atoms with Crippen LogP contribution in [0.25, 0.3) is 11.4 Å². The number of benzene rings is 2. The number of amides is 1. The molecule has 0 saturated heterocycles. The van der Waals surface area contributed by atoms with E-state index in [0.29, 0.717) is 29.1 Å². The van der Waals surface area contributed by atoms with Crippen molar-refractivity contribution in [3.63, 3.8) is 0 Å². The van der Waals surface area contributed by atoms with Crippen LogP contribution in [0.5, 0.6) is 5.75 Å². The first kappa shape index (κ1) is 21.6. The predicted molar refractivity (Wildman–Crippen MR) is 105 cm³/mol. The SMILES string of the molecule is CNC(=O)c1ccc(-c2nnc(C(C)(C)Oc3c(F)cc(F)cc3F)n2C)c(Cl)c1. The normalized spacial score (nSPS) is 11.5. The molecule has 0 aliphatic rings. The minimum absolute atomic E-state index is 0.243. The number of hydrogen-bond acceptors (Lipinski definition) is 4. The summed E-state index contributed by atoms with van der Waals surface area (Å²) in [4.78, 5) is 11.8. The maximum atomic E-state index is 14.0. The zero-order chi connectivity index (χ0) is 22.2. The van der Waals surface area contributed by atoms with Crippen LogP contribution in [0.2, 0.25) is 5.02 Å². The number of nitrogens with one attached hydrogen (secondary N) is 1. The van der Waals surface area contributed by atoms with Crippen molar-refractivity contribution in [3.8, 4) is 17.1 Å². The van der Waals surface area contributed by atoms with Gasteiger partial charge in [0.05, 0.1) is 5.02 Å². The first-order valence-corrected chi connectivity index (χ1v) is 9.18. The Balaban J connectivity index is 1.98. The third kappa shape index (κ3) is 3.97. The molecular weight excluding hydrogens is 421 g/mol. The Bertz CT molecular complexity index is 1110. The highest BCUT2D eigenvalue weighted by molar-refractivity contribution is 6.33. The molecule has 1 amide bonds. The second-order valence-corrected chi connectivity index (χ2v) is 7.40. The molecule has 0 bridgehead atoms. The molecule has 0 saturated carbocycles. The summed E-state index contributed by atoms with van der Waals surface area (Å²) in [7, 11) is 3.14. The average molecular weight is 439 g/mol. The topological polar surface area (TPSA) is 69.0 Å². The van der Waals surface area contributed by atoms with Gasteiger partial charge in [0.25, 0.3) is 5.91 Å².